The van der Waals surface area contributed by atoms with Gasteiger partial charge in [-0.1, -0.05) is 0 Å². The molecule has 0 bridgehead atoms. The average molecular weight is 637 g/mol. The molecule has 3 aliphatic heterocycles. The fraction of sp³-hybridized carbons (Fsp3) is 0.963. The predicted octanol–water partition coefficient (Wildman–Crippen LogP) is -5.21. The number of aliphatic hydroxyl groups excluding tert-OH is 4. The van der Waals surface area contributed by atoms with E-state index in [9.17, 15) is 25.2 Å². The summed E-state index contributed by atoms with van der Waals surface area (Å²) < 4.78 is 36.1. The maximum Gasteiger partial charge on any atom is 0.187 e. The second-order valence-electron chi connectivity index (χ2n) is 12.3. The van der Waals surface area contributed by atoms with Crippen molar-refractivity contribution in [3.05, 3.63) is 0 Å². The molecule has 4 rings (SSSR count). The zero-order valence-electron chi connectivity index (χ0n) is 24.9. The lowest BCUT2D eigenvalue weighted by Gasteiger charge is -2.46. The van der Waals surface area contributed by atoms with Gasteiger partial charge >= 0.3 is 0 Å². The lowest BCUT2D eigenvalue weighted by Crippen LogP contribution is -2.63. The van der Waals surface area contributed by atoms with Gasteiger partial charge in [-0.25, -0.2) is 0 Å². The average Bonchev–Trinajstić information content (AvgIpc) is 3.31. The van der Waals surface area contributed by atoms with Gasteiger partial charge in [-0.3, -0.25) is 4.79 Å². The van der Waals surface area contributed by atoms with Crippen molar-refractivity contribution >= 4 is 5.78 Å². The van der Waals surface area contributed by atoms with Crippen molar-refractivity contribution in [3.63, 3.8) is 0 Å². The van der Waals surface area contributed by atoms with Crippen molar-refractivity contribution < 1.29 is 53.6 Å². The van der Waals surface area contributed by atoms with E-state index in [0.29, 0.717) is 25.7 Å². The lowest BCUT2D eigenvalue weighted by molar-refractivity contribution is -0.291. The van der Waals surface area contributed by atoms with Crippen LogP contribution in [-0.2, 0) is 33.2 Å². The highest BCUT2D eigenvalue weighted by Crippen LogP contribution is 2.37. The third kappa shape index (κ3) is 8.29. The van der Waals surface area contributed by atoms with Gasteiger partial charge in [0.25, 0.3) is 0 Å². The highest BCUT2D eigenvalue weighted by atomic mass is 16.8. The van der Waals surface area contributed by atoms with Crippen LogP contribution in [0.25, 0.3) is 0 Å². The standard InChI is InChI=1S/C27H52N6O11/c28-7-12-1-3-14(30)25(39-12)42-22-16(32)5-11(6-18(36)17(33)9-34)20(37)24(22)44-27-21(38)23(19(10-35)41-27)43-26-15(31)4-2-13(8-29)40-26/h11-17,19-27,34-35,37-38H,1-10,28-33H2/t11-,12-,13+,14+,15+,16-,17-,19+,20-,21+,22+,23+,24+,25+,26+,27-/m0/s1. The molecule has 1 aliphatic carbocycles. The number of rotatable bonds is 13. The van der Waals surface area contributed by atoms with Gasteiger partial charge in [0, 0.05) is 25.6 Å². The number of carbonyl (C=O) groups is 1. The summed E-state index contributed by atoms with van der Waals surface area (Å²) in [6.45, 7) is -0.559. The Morgan fingerprint density at radius 2 is 1.30 bits per heavy atom. The number of hydrogen-bond acceptors (Lipinski definition) is 17. The van der Waals surface area contributed by atoms with Crippen molar-refractivity contribution in [1.82, 2.24) is 0 Å². The van der Waals surface area contributed by atoms with Gasteiger partial charge in [0.2, 0.25) is 0 Å². The number of ketones is 1. The first-order valence-corrected chi connectivity index (χ1v) is 15.5. The van der Waals surface area contributed by atoms with Crippen molar-refractivity contribution in [1.29, 1.82) is 0 Å². The third-order valence-corrected chi connectivity index (χ3v) is 9.08. The minimum atomic E-state index is -1.45. The number of nitrogens with two attached hydrogens (primary N) is 6. The zero-order valence-corrected chi connectivity index (χ0v) is 24.9. The number of hydrogen-bond donors (Lipinski definition) is 10. The molecule has 256 valence electrons. The molecule has 17 nitrogen and oxygen atoms in total. The first kappa shape index (κ1) is 35.9. The van der Waals surface area contributed by atoms with E-state index in [1.807, 2.05) is 0 Å². The topological polar surface area (TPSA) is 309 Å². The van der Waals surface area contributed by atoms with E-state index in [1.165, 1.54) is 0 Å². The summed E-state index contributed by atoms with van der Waals surface area (Å²) in [5.41, 5.74) is 36.3. The molecule has 0 aromatic carbocycles. The predicted molar refractivity (Wildman–Crippen MR) is 153 cm³/mol. The van der Waals surface area contributed by atoms with Gasteiger partial charge in [0.05, 0.1) is 49.7 Å². The summed E-state index contributed by atoms with van der Waals surface area (Å²) in [6, 6.07) is -2.90. The van der Waals surface area contributed by atoms with Gasteiger partial charge < -0.3 is 83.2 Å². The van der Waals surface area contributed by atoms with Crippen LogP contribution in [0.5, 0.6) is 0 Å². The maximum atomic E-state index is 12.6. The third-order valence-electron chi connectivity index (χ3n) is 9.08. The SMILES string of the molecule is NC[C@@H]1CC[C@@H](N)[C@@H](O[C@H]2[C@H](O[C@@H]3O[C@H](CO)[C@@H](O[C@H]4O[C@@H](CN)CC[C@H]4N)[C@H]3O)[C@@H](O)[C@H](CC(=O)[C@@H](N)CO)C[C@@H]2N)O1. The van der Waals surface area contributed by atoms with E-state index in [-0.39, 0.29) is 38.1 Å². The second-order valence-corrected chi connectivity index (χ2v) is 12.3. The van der Waals surface area contributed by atoms with Crippen LogP contribution < -0.4 is 34.4 Å². The summed E-state index contributed by atoms with van der Waals surface area (Å²) >= 11 is 0. The molecule has 16 N–H and O–H groups in total. The van der Waals surface area contributed by atoms with Crippen LogP contribution in [0.2, 0.25) is 0 Å². The molecule has 1 saturated carbocycles. The second kappa shape index (κ2) is 16.2. The molecule has 3 saturated heterocycles. The van der Waals surface area contributed by atoms with Crippen molar-refractivity contribution in [2.24, 2.45) is 40.3 Å². The van der Waals surface area contributed by atoms with Crippen LogP contribution in [-0.4, -0.2) is 144 Å². The largest absolute Gasteiger partial charge is 0.394 e. The van der Waals surface area contributed by atoms with Gasteiger partial charge in [0.1, 0.15) is 30.5 Å². The molecule has 17 heteroatoms. The molecule has 0 spiro atoms. The van der Waals surface area contributed by atoms with Crippen molar-refractivity contribution in [2.45, 2.75) is 130 Å². The molecule has 0 unspecified atom stereocenters. The molecule has 0 aromatic rings. The fourth-order valence-corrected chi connectivity index (χ4v) is 6.34. The summed E-state index contributed by atoms with van der Waals surface area (Å²) in [4.78, 5) is 12.6. The van der Waals surface area contributed by atoms with E-state index in [1.54, 1.807) is 0 Å². The number of aliphatic hydroxyl groups is 4. The fourth-order valence-electron chi connectivity index (χ4n) is 6.34. The first-order valence-electron chi connectivity index (χ1n) is 15.5. The monoisotopic (exact) mass is 636 g/mol. The van der Waals surface area contributed by atoms with E-state index < -0.39 is 105 Å². The van der Waals surface area contributed by atoms with Crippen LogP contribution >= 0.6 is 0 Å². The number of Topliss-reactive ketones (excluding diaryl/α,β-unsaturated/α-hetero) is 1. The van der Waals surface area contributed by atoms with Gasteiger partial charge in [-0.05, 0) is 38.0 Å². The van der Waals surface area contributed by atoms with Crippen LogP contribution in [0.3, 0.4) is 0 Å². The highest BCUT2D eigenvalue weighted by molar-refractivity contribution is 5.84. The summed E-state index contributed by atoms with van der Waals surface area (Å²) in [6.07, 6.45) is -8.55. The van der Waals surface area contributed by atoms with E-state index >= 15 is 0 Å². The quantitative estimate of drug-likeness (QED) is 0.0903. The molecule has 0 radical (unpaired) electrons. The summed E-state index contributed by atoms with van der Waals surface area (Å²) in [5, 5.41) is 42.2. The Balaban J connectivity index is 1.53. The van der Waals surface area contributed by atoms with E-state index in [4.69, 9.17) is 62.8 Å². The molecule has 3 heterocycles. The van der Waals surface area contributed by atoms with Gasteiger partial charge in [-0.2, -0.15) is 0 Å². The van der Waals surface area contributed by atoms with E-state index in [0.717, 1.165) is 0 Å². The molecule has 16 atom stereocenters. The Bertz CT molecular complexity index is 912. The molecular formula is C27H52N6O11. The van der Waals surface area contributed by atoms with Crippen molar-refractivity contribution in [2.75, 3.05) is 26.3 Å². The molecule has 0 amide bonds. The Hall–Kier alpha value is -0.970. The van der Waals surface area contributed by atoms with Gasteiger partial charge in [0.15, 0.2) is 24.7 Å². The highest BCUT2D eigenvalue weighted by Gasteiger charge is 2.53. The zero-order chi connectivity index (χ0) is 32.1. The first-order chi connectivity index (χ1) is 21.0. The minimum Gasteiger partial charge on any atom is -0.394 e. The molecule has 4 fully saturated rings. The Morgan fingerprint density at radius 1 is 0.750 bits per heavy atom. The molecular weight excluding hydrogens is 584 g/mol. The van der Waals surface area contributed by atoms with Crippen LogP contribution in [0.15, 0.2) is 0 Å². The van der Waals surface area contributed by atoms with Crippen molar-refractivity contribution in [3.8, 4) is 0 Å². The Kier molecular flexibility index (Phi) is 13.2. The smallest absolute Gasteiger partial charge is 0.187 e. The van der Waals surface area contributed by atoms with E-state index in [2.05, 4.69) is 0 Å². The molecule has 4 aliphatic rings. The summed E-state index contributed by atoms with van der Waals surface area (Å²) in [5.74, 6) is -1.19. The minimum absolute atomic E-state index is 0.149. The number of carbonyl (C=O) groups excluding carboxylic acids is 1. The lowest BCUT2D eigenvalue weighted by atomic mass is 9.76. The van der Waals surface area contributed by atoms with Gasteiger partial charge in [-0.15, -0.1) is 0 Å². The Labute approximate surface area is 256 Å². The molecule has 0 aromatic heterocycles. The molecule has 44 heavy (non-hydrogen) atoms. The normalized spacial score (nSPS) is 45.7. The Morgan fingerprint density at radius 3 is 1.82 bits per heavy atom. The van der Waals surface area contributed by atoms with Crippen LogP contribution in [0, 0.1) is 5.92 Å². The summed E-state index contributed by atoms with van der Waals surface area (Å²) in [7, 11) is 0. The van der Waals surface area contributed by atoms with Crippen LogP contribution in [0.4, 0.5) is 0 Å². The number of ether oxygens (including phenoxy) is 6. The van der Waals surface area contributed by atoms with Crippen LogP contribution in [0.1, 0.15) is 38.5 Å². The maximum absolute atomic E-state index is 12.6.